The van der Waals surface area contributed by atoms with Gasteiger partial charge in [-0.25, -0.2) is 4.79 Å². The van der Waals surface area contributed by atoms with Crippen LogP contribution in [0.5, 0.6) is 5.75 Å². The minimum absolute atomic E-state index is 0.166. The third-order valence-corrected chi connectivity index (χ3v) is 4.70. The molecular weight excluding hydrogens is 318 g/mol. The lowest BCUT2D eigenvalue weighted by molar-refractivity contribution is -0.142. The molecule has 25 heavy (non-hydrogen) atoms. The van der Waals surface area contributed by atoms with Crippen molar-refractivity contribution in [3.63, 3.8) is 0 Å². The van der Waals surface area contributed by atoms with Gasteiger partial charge in [0.2, 0.25) is 5.91 Å². The highest BCUT2D eigenvalue weighted by molar-refractivity contribution is 5.88. The monoisotopic (exact) mass is 339 g/mol. The van der Waals surface area contributed by atoms with E-state index in [2.05, 4.69) is 5.32 Å². The summed E-state index contributed by atoms with van der Waals surface area (Å²) in [6.45, 7) is 2.03. The van der Waals surface area contributed by atoms with Crippen LogP contribution in [-0.4, -0.2) is 24.1 Å². The van der Waals surface area contributed by atoms with Crippen molar-refractivity contribution < 1.29 is 19.4 Å². The number of carboxylic acids is 1. The van der Waals surface area contributed by atoms with Gasteiger partial charge in [0.15, 0.2) is 6.04 Å². The number of nitrogens with one attached hydrogen (secondary N) is 1. The Morgan fingerprint density at radius 3 is 2.44 bits per heavy atom. The number of carboxylic acid groups (broad SMARTS) is 1. The largest absolute Gasteiger partial charge is 0.497 e. The first-order valence-electron chi connectivity index (χ1n) is 8.24. The Hall–Kier alpha value is -2.82. The van der Waals surface area contributed by atoms with Crippen LogP contribution in [-0.2, 0) is 9.59 Å². The lowest BCUT2D eigenvalue weighted by Crippen LogP contribution is -2.35. The molecule has 0 aliphatic heterocycles. The average molecular weight is 339 g/mol. The SMILES string of the molecule is COc1ccc(C(NC(=O)C2CC2c2ccccc2C)C(=O)O)cc1. The molecule has 3 rings (SSSR count). The molecule has 0 saturated heterocycles. The number of carbonyl (C=O) groups is 2. The van der Waals surface area contributed by atoms with Gasteiger partial charge in [-0.05, 0) is 48.1 Å². The van der Waals surface area contributed by atoms with Crippen molar-refractivity contribution in [2.45, 2.75) is 25.3 Å². The first kappa shape index (κ1) is 17.0. The predicted molar refractivity (Wildman–Crippen MR) is 93.5 cm³/mol. The van der Waals surface area contributed by atoms with Gasteiger partial charge in [-0.15, -0.1) is 0 Å². The van der Waals surface area contributed by atoms with Crippen molar-refractivity contribution >= 4 is 11.9 Å². The Balaban J connectivity index is 1.70. The van der Waals surface area contributed by atoms with E-state index >= 15 is 0 Å². The molecule has 2 aromatic carbocycles. The smallest absolute Gasteiger partial charge is 0.330 e. The molecule has 2 aromatic rings. The van der Waals surface area contributed by atoms with Crippen LogP contribution in [0, 0.1) is 12.8 Å². The molecule has 1 amide bonds. The molecule has 0 aromatic heterocycles. The van der Waals surface area contributed by atoms with Gasteiger partial charge in [0.1, 0.15) is 5.75 Å². The number of aliphatic carboxylic acids is 1. The number of aryl methyl sites for hydroxylation is 1. The van der Waals surface area contributed by atoms with Gasteiger partial charge in [0.05, 0.1) is 7.11 Å². The summed E-state index contributed by atoms with van der Waals surface area (Å²) in [6.07, 6.45) is 0.756. The number of ether oxygens (including phenoxy) is 1. The number of benzene rings is 2. The van der Waals surface area contributed by atoms with Crippen LogP contribution in [0.4, 0.5) is 0 Å². The third kappa shape index (κ3) is 3.65. The first-order valence-corrected chi connectivity index (χ1v) is 8.24. The topological polar surface area (TPSA) is 75.6 Å². The van der Waals surface area contributed by atoms with Crippen LogP contribution < -0.4 is 10.1 Å². The zero-order chi connectivity index (χ0) is 18.0. The molecular formula is C20H21NO4. The summed E-state index contributed by atoms with van der Waals surface area (Å²) in [6, 6.07) is 13.6. The molecule has 3 atom stereocenters. The van der Waals surface area contributed by atoms with Crippen LogP contribution in [0.25, 0.3) is 0 Å². The lowest BCUT2D eigenvalue weighted by atomic mass is 10.0. The summed E-state index contributed by atoms with van der Waals surface area (Å²) in [4.78, 5) is 24.1. The highest BCUT2D eigenvalue weighted by Gasteiger charge is 2.45. The van der Waals surface area contributed by atoms with Crippen molar-refractivity contribution in [3.05, 3.63) is 65.2 Å². The number of rotatable bonds is 6. The number of methoxy groups -OCH3 is 1. The van der Waals surface area contributed by atoms with Crippen molar-refractivity contribution in [1.29, 1.82) is 0 Å². The van der Waals surface area contributed by atoms with E-state index in [0.29, 0.717) is 11.3 Å². The Morgan fingerprint density at radius 1 is 1.16 bits per heavy atom. The molecule has 1 aliphatic rings. The van der Waals surface area contributed by atoms with Crippen molar-refractivity contribution in [3.8, 4) is 5.75 Å². The molecule has 5 heteroatoms. The van der Waals surface area contributed by atoms with E-state index in [1.807, 2.05) is 31.2 Å². The van der Waals surface area contributed by atoms with E-state index in [0.717, 1.165) is 12.0 Å². The Kier molecular flexibility index (Phi) is 4.74. The summed E-state index contributed by atoms with van der Waals surface area (Å²) < 4.78 is 5.08. The fraction of sp³-hybridized carbons (Fsp3) is 0.300. The first-order chi connectivity index (χ1) is 12.0. The molecule has 0 radical (unpaired) electrons. The van der Waals surface area contributed by atoms with Gasteiger partial charge in [0.25, 0.3) is 0 Å². The van der Waals surface area contributed by atoms with E-state index in [4.69, 9.17) is 4.74 Å². The normalized spacial score (nSPS) is 19.8. The maximum Gasteiger partial charge on any atom is 0.330 e. The Morgan fingerprint density at radius 2 is 1.84 bits per heavy atom. The standard InChI is InChI=1S/C20H21NO4/c1-12-5-3-4-6-15(12)16-11-17(16)19(22)21-18(20(23)24)13-7-9-14(25-2)10-8-13/h3-10,16-18H,11H2,1-2H3,(H,21,22)(H,23,24). The van der Waals surface area contributed by atoms with E-state index in [1.165, 1.54) is 5.56 Å². The predicted octanol–water partition coefficient (Wildman–Crippen LogP) is 3.05. The fourth-order valence-electron chi connectivity index (χ4n) is 3.16. The van der Waals surface area contributed by atoms with Gasteiger partial charge in [0, 0.05) is 5.92 Å². The zero-order valence-electron chi connectivity index (χ0n) is 14.2. The minimum Gasteiger partial charge on any atom is -0.497 e. The maximum atomic E-state index is 12.5. The fourth-order valence-corrected chi connectivity index (χ4v) is 3.16. The molecule has 1 fully saturated rings. The molecule has 2 N–H and O–H groups in total. The molecule has 3 unspecified atom stereocenters. The van der Waals surface area contributed by atoms with Crippen molar-refractivity contribution in [1.82, 2.24) is 5.32 Å². The second-order valence-electron chi connectivity index (χ2n) is 6.36. The summed E-state index contributed by atoms with van der Waals surface area (Å²) >= 11 is 0. The van der Waals surface area contributed by atoms with Crippen LogP contribution in [0.3, 0.4) is 0 Å². The van der Waals surface area contributed by atoms with Gasteiger partial charge in [-0.3, -0.25) is 4.79 Å². The maximum absolute atomic E-state index is 12.5. The van der Waals surface area contributed by atoms with Crippen LogP contribution >= 0.6 is 0 Å². The van der Waals surface area contributed by atoms with Gasteiger partial charge >= 0.3 is 5.97 Å². The molecule has 1 saturated carbocycles. The highest BCUT2D eigenvalue weighted by atomic mass is 16.5. The zero-order valence-corrected chi connectivity index (χ0v) is 14.2. The number of hydrogen-bond acceptors (Lipinski definition) is 3. The minimum atomic E-state index is -1.08. The van der Waals surface area contributed by atoms with Gasteiger partial charge in [-0.2, -0.15) is 0 Å². The van der Waals surface area contributed by atoms with E-state index in [-0.39, 0.29) is 17.7 Å². The molecule has 0 bridgehead atoms. The van der Waals surface area contributed by atoms with E-state index < -0.39 is 12.0 Å². The third-order valence-electron chi connectivity index (χ3n) is 4.70. The average Bonchev–Trinajstić information content (AvgIpc) is 3.40. The van der Waals surface area contributed by atoms with Crippen molar-refractivity contribution in [2.24, 2.45) is 5.92 Å². The summed E-state index contributed by atoms with van der Waals surface area (Å²) in [5, 5.41) is 12.2. The molecule has 0 spiro atoms. The summed E-state index contributed by atoms with van der Waals surface area (Å²) in [5.41, 5.74) is 2.85. The second kappa shape index (κ2) is 6.97. The lowest BCUT2D eigenvalue weighted by Gasteiger charge is -2.15. The Labute approximate surface area is 146 Å². The van der Waals surface area contributed by atoms with E-state index in [9.17, 15) is 14.7 Å². The molecule has 5 nitrogen and oxygen atoms in total. The summed E-state index contributed by atoms with van der Waals surface area (Å²) in [5.74, 6) is -0.642. The van der Waals surface area contributed by atoms with Gasteiger partial charge in [-0.1, -0.05) is 36.4 Å². The van der Waals surface area contributed by atoms with Crippen LogP contribution in [0.1, 0.15) is 35.1 Å². The summed E-state index contributed by atoms with van der Waals surface area (Å²) in [7, 11) is 1.55. The van der Waals surface area contributed by atoms with Gasteiger partial charge < -0.3 is 15.2 Å². The van der Waals surface area contributed by atoms with Crippen LogP contribution in [0.15, 0.2) is 48.5 Å². The quantitative estimate of drug-likeness (QED) is 0.848. The Bertz CT molecular complexity index is 785. The van der Waals surface area contributed by atoms with Crippen molar-refractivity contribution in [2.75, 3.05) is 7.11 Å². The van der Waals surface area contributed by atoms with E-state index in [1.54, 1.807) is 31.4 Å². The second-order valence-corrected chi connectivity index (χ2v) is 6.36. The number of amides is 1. The molecule has 130 valence electrons. The van der Waals surface area contributed by atoms with Crippen LogP contribution in [0.2, 0.25) is 0 Å². The molecule has 0 heterocycles. The molecule has 1 aliphatic carbocycles. The highest BCUT2D eigenvalue weighted by Crippen LogP contribution is 2.48. The number of carbonyl (C=O) groups excluding carboxylic acids is 1. The number of hydrogen-bond donors (Lipinski definition) is 2.